The van der Waals surface area contributed by atoms with Gasteiger partial charge in [-0.05, 0) is 12.8 Å². The maximum atomic E-state index is 10.9. The van der Waals surface area contributed by atoms with Gasteiger partial charge in [-0.2, -0.15) is 0 Å². The fourth-order valence-corrected chi connectivity index (χ4v) is 5.75. The molecule has 1 aromatic carbocycles. The summed E-state index contributed by atoms with van der Waals surface area (Å²) in [4.78, 5) is 10.9. The number of ether oxygens (including phenoxy) is 2. The van der Waals surface area contributed by atoms with Crippen molar-refractivity contribution >= 4 is 19.2 Å². The van der Waals surface area contributed by atoms with Gasteiger partial charge in [0.2, 0.25) is 0 Å². The lowest BCUT2D eigenvalue weighted by atomic mass is 10.2. The molecule has 0 fully saturated rings. The molecule has 0 unspecified atom stereocenters. The fraction of sp³-hybridized carbons (Fsp3) is 0.500. The summed E-state index contributed by atoms with van der Waals surface area (Å²) in [6.07, 6.45) is 7.69. The molecule has 0 spiro atoms. The first kappa shape index (κ1) is 22.4. The molecular weight excluding hydrogens is 340 g/mol. The van der Waals surface area contributed by atoms with E-state index < -0.39 is 8.07 Å². The van der Waals surface area contributed by atoms with Gasteiger partial charge in [-0.25, -0.2) is 0 Å². The van der Waals surface area contributed by atoms with Crippen LogP contribution in [0.4, 0.5) is 0 Å². The number of carbonyl (C=O) groups excluding carboxylic acids is 1. The number of carbonyl (C=O) groups is 1. The monoisotopic (exact) mass is 374 g/mol. The molecular formula is C22H34O3Si. The SMILES string of the molecule is C=C(CCOC/C=C(/CCCCC)[Si](C)(C)c1ccccc1)OC(C)=O. The zero-order chi connectivity index (χ0) is 19.4. The van der Waals surface area contributed by atoms with E-state index in [-0.39, 0.29) is 5.97 Å². The average molecular weight is 375 g/mol. The van der Waals surface area contributed by atoms with Crippen LogP contribution in [0.15, 0.2) is 53.9 Å². The number of allylic oxidation sites excluding steroid dienone is 1. The number of unbranched alkanes of at least 4 members (excludes halogenated alkanes) is 2. The number of hydrogen-bond donors (Lipinski definition) is 0. The maximum Gasteiger partial charge on any atom is 0.307 e. The van der Waals surface area contributed by atoms with Crippen molar-refractivity contribution in [2.45, 2.75) is 59.0 Å². The van der Waals surface area contributed by atoms with Gasteiger partial charge in [0.05, 0.1) is 13.2 Å². The Kier molecular flexibility index (Phi) is 10.2. The summed E-state index contributed by atoms with van der Waals surface area (Å²) in [5, 5.41) is 3.02. The summed E-state index contributed by atoms with van der Waals surface area (Å²) in [5.41, 5.74) is 0. The Balaban J connectivity index is 2.66. The van der Waals surface area contributed by atoms with Crippen molar-refractivity contribution in [3.05, 3.63) is 53.9 Å². The Hall–Kier alpha value is -1.65. The van der Waals surface area contributed by atoms with Crippen LogP contribution in [0.25, 0.3) is 0 Å². The Labute approximate surface area is 160 Å². The summed E-state index contributed by atoms with van der Waals surface area (Å²) in [7, 11) is -1.67. The topological polar surface area (TPSA) is 35.5 Å². The molecule has 0 radical (unpaired) electrons. The zero-order valence-corrected chi connectivity index (χ0v) is 17.8. The molecule has 26 heavy (non-hydrogen) atoms. The second-order valence-corrected chi connectivity index (χ2v) is 11.6. The average Bonchev–Trinajstić information content (AvgIpc) is 2.60. The molecule has 4 heteroatoms. The molecule has 1 aromatic rings. The second-order valence-electron chi connectivity index (χ2n) is 7.13. The van der Waals surface area contributed by atoms with E-state index in [1.54, 1.807) is 5.20 Å². The molecule has 0 N–H and O–H groups in total. The molecule has 0 saturated heterocycles. The third kappa shape index (κ3) is 8.15. The van der Waals surface area contributed by atoms with Gasteiger partial charge in [0.15, 0.2) is 0 Å². The highest BCUT2D eigenvalue weighted by molar-refractivity contribution is 6.95. The predicted octanol–water partition coefficient (Wildman–Crippen LogP) is 5.13. The van der Waals surface area contributed by atoms with Crippen molar-refractivity contribution in [1.29, 1.82) is 0 Å². The van der Waals surface area contributed by atoms with E-state index in [1.165, 1.54) is 31.4 Å². The predicted molar refractivity (Wildman–Crippen MR) is 112 cm³/mol. The minimum atomic E-state index is -1.67. The van der Waals surface area contributed by atoms with Crippen LogP contribution in [0.2, 0.25) is 13.1 Å². The van der Waals surface area contributed by atoms with Crippen molar-refractivity contribution in [3.8, 4) is 0 Å². The van der Waals surface area contributed by atoms with Gasteiger partial charge in [0.25, 0.3) is 0 Å². The van der Waals surface area contributed by atoms with Crippen LogP contribution in [-0.2, 0) is 14.3 Å². The summed E-state index contributed by atoms with van der Waals surface area (Å²) < 4.78 is 10.7. The molecule has 0 aliphatic heterocycles. The molecule has 0 bridgehead atoms. The lowest BCUT2D eigenvalue weighted by molar-refractivity contribution is -0.137. The van der Waals surface area contributed by atoms with Gasteiger partial charge in [0, 0.05) is 13.3 Å². The van der Waals surface area contributed by atoms with Gasteiger partial charge in [0.1, 0.15) is 13.8 Å². The van der Waals surface area contributed by atoms with E-state index in [9.17, 15) is 4.79 Å². The molecule has 0 amide bonds. The highest BCUT2D eigenvalue weighted by atomic mass is 28.3. The van der Waals surface area contributed by atoms with E-state index in [2.05, 4.69) is 63.0 Å². The van der Waals surface area contributed by atoms with Gasteiger partial charge in [-0.1, -0.05) is 86.2 Å². The first-order valence-electron chi connectivity index (χ1n) is 9.57. The second kappa shape index (κ2) is 11.9. The van der Waals surface area contributed by atoms with Crippen molar-refractivity contribution < 1.29 is 14.3 Å². The van der Waals surface area contributed by atoms with Crippen LogP contribution in [0.3, 0.4) is 0 Å². The van der Waals surface area contributed by atoms with Crippen LogP contribution in [-0.4, -0.2) is 27.3 Å². The van der Waals surface area contributed by atoms with Gasteiger partial charge in [-0.15, -0.1) is 0 Å². The van der Waals surface area contributed by atoms with Gasteiger partial charge < -0.3 is 9.47 Å². The fourth-order valence-electron chi connectivity index (χ4n) is 2.96. The minimum Gasteiger partial charge on any atom is -0.432 e. The molecule has 0 atom stereocenters. The van der Waals surface area contributed by atoms with Crippen molar-refractivity contribution in [1.82, 2.24) is 0 Å². The summed E-state index contributed by atoms with van der Waals surface area (Å²) in [6.45, 7) is 13.3. The first-order chi connectivity index (χ1) is 12.4. The lowest BCUT2D eigenvalue weighted by Crippen LogP contribution is -2.44. The molecule has 0 aliphatic rings. The van der Waals surface area contributed by atoms with E-state index in [0.717, 1.165) is 6.42 Å². The largest absolute Gasteiger partial charge is 0.432 e. The summed E-state index contributed by atoms with van der Waals surface area (Å²) >= 11 is 0. The van der Waals surface area contributed by atoms with Crippen molar-refractivity contribution in [2.75, 3.05) is 13.2 Å². The van der Waals surface area contributed by atoms with Crippen LogP contribution < -0.4 is 5.19 Å². The number of esters is 1. The molecule has 144 valence electrons. The zero-order valence-electron chi connectivity index (χ0n) is 16.8. The molecule has 1 rings (SSSR count). The standard InChI is InChI=1S/C22H34O3Si/c1-6-7-9-12-22(26(4,5)21-13-10-8-11-14-21)16-18-24-17-15-19(2)25-20(3)23/h8,10-11,13-14,16H,2,6-7,9,12,15,17-18H2,1,3-5H3/b22-16-. The van der Waals surface area contributed by atoms with Gasteiger partial charge in [-0.3, -0.25) is 4.79 Å². The quantitative estimate of drug-likeness (QED) is 0.220. The molecule has 0 aliphatic carbocycles. The highest BCUT2D eigenvalue weighted by Crippen LogP contribution is 2.21. The number of rotatable bonds is 12. The minimum absolute atomic E-state index is 0.330. The Morgan fingerprint density at radius 3 is 2.46 bits per heavy atom. The molecule has 0 saturated carbocycles. The third-order valence-electron chi connectivity index (χ3n) is 4.61. The van der Waals surface area contributed by atoms with E-state index in [0.29, 0.717) is 25.4 Å². The third-order valence-corrected chi connectivity index (χ3v) is 8.45. The van der Waals surface area contributed by atoms with E-state index >= 15 is 0 Å². The maximum absolute atomic E-state index is 10.9. The van der Waals surface area contributed by atoms with Crippen LogP contribution >= 0.6 is 0 Å². The lowest BCUT2D eigenvalue weighted by Gasteiger charge is -2.27. The van der Waals surface area contributed by atoms with Crippen molar-refractivity contribution in [2.24, 2.45) is 0 Å². The Morgan fingerprint density at radius 1 is 1.15 bits per heavy atom. The molecule has 3 nitrogen and oxygen atoms in total. The number of benzene rings is 1. The van der Waals surface area contributed by atoms with E-state index in [4.69, 9.17) is 9.47 Å². The molecule has 0 aromatic heterocycles. The van der Waals surface area contributed by atoms with Crippen LogP contribution in [0.1, 0.15) is 46.0 Å². The summed E-state index contributed by atoms with van der Waals surface area (Å²) in [5.74, 6) is 0.132. The Morgan fingerprint density at radius 2 is 1.85 bits per heavy atom. The Bertz CT molecular complexity index is 591. The van der Waals surface area contributed by atoms with E-state index in [1.807, 2.05) is 0 Å². The van der Waals surface area contributed by atoms with Gasteiger partial charge >= 0.3 is 5.97 Å². The molecule has 0 heterocycles. The van der Waals surface area contributed by atoms with Crippen LogP contribution in [0, 0.1) is 0 Å². The normalized spacial score (nSPS) is 12.1. The number of hydrogen-bond acceptors (Lipinski definition) is 3. The highest BCUT2D eigenvalue weighted by Gasteiger charge is 2.27. The smallest absolute Gasteiger partial charge is 0.307 e. The van der Waals surface area contributed by atoms with Crippen LogP contribution in [0.5, 0.6) is 0 Å². The summed E-state index contributed by atoms with van der Waals surface area (Å²) in [6, 6.07) is 10.8. The van der Waals surface area contributed by atoms with Crippen molar-refractivity contribution in [3.63, 3.8) is 0 Å². The first-order valence-corrected chi connectivity index (χ1v) is 12.6.